The normalized spacial score (nSPS) is 12.9. The molecule has 106 valence electrons. The third-order valence-corrected chi connectivity index (χ3v) is 2.63. The quantitative estimate of drug-likeness (QED) is 0.671. The zero-order chi connectivity index (χ0) is 13.1. The Hall–Kier alpha value is -2.34. The predicted molar refractivity (Wildman–Crippen MR) is 77.5 cm³/mol. The largest absolute Gasteiger partial charge is 0.467 e. The van der Waals surface area contributed by atoms with Gasteiger partial charge < -0.3 is 24.9 Å². The van der Waals surface area contributed by atoms with Crippen molar-refractivity contribution in [3.63, 3.8) is 0 Å². The summed E-state index contributed by atoms with van der Waals surface area (Å²) in [6, 6.07) is 9.15. The van der Waals surface area contributed by atoms with E-state index in [9.17, 15) is 0 Å². The van der Waals surface area contributed by atoms with E-state index in [2.05, 4.69) is 10.3 Å². The van der Waals surface area contributed by atoms with E-state index in [0.29, 0.717) is 18.3 Å². The van der Waals surface area contributed by atoms with Gasteiger partial charge in [-0.15, -0.1) is 12.4 Å². The van der Waals surface area contributed by atoms with Crippen LogP contribution in [0.5, 0.6) is 11.5 Å². The van der Waals surface area contributed by atoms with Crippen LogP contribution in [0, 0.1) is 0 Å². The van der Waals surface area contributed by atoms with Gasteiger partial charge >= 0.3 is 0 Å². The second-order valence-corrected chi connectivity index (χ2v) is 3.97. The van der Waals surface area contributed by atoms with Crippen LogP contribution in [0.1, 0.15) is 5.76 Å². The number of benzene rings is 1. The molecule has 0 atom stereocenters. The van der Waals surface area contributed by atoms with E-state index in [1.165, 1.54) is 0 Å². The van der Waals surface area contributed by atoms with Crippen molar-refractivity contribution in [3.05, 3.63) is 42.4 Å². The summed E-state index contributed by atoms with van der Waals surface area (Å²) in [5.74, 6) is 2.51. The zero-order valence-electron chi connectivity index (χ0n) is 10.5. The van der Waals surface area contributed by atoms with Crippen LogP contribution in [0.2, 0.25) is 0 Å². The summed E-state index contributed by atoms with van der Waals surface area (Å²) in [6.07, 6.45) is 1.60. The van der Waals surface area contributed by atoms with Crippen LogP contribution in [0.3, 0.4) is 0 Å². The second kappa shape index (κ2) is 6.21. The van der Waals surface area contributed by atoms with Crippen LogP contribution < -0.4 is 20.5 Å². The minimum Gasteiger partial charge on any atom is -0.467 e. The predicted octanol–water partition coefficient (Wildman–Crippen LogP) is 2.36. The SMILES string of the molecule is Cl.NC(=NCc1ccco1)Nc1ccc2c(c1)OCO2. The molecule has 0 bridgehead atoms. The lowest BCUT2D eigenvalue weighted by Crippen LogP contribution is -2.22. The van der Waals surface area contributed by atoms with Crippen molar-refractivity contribution >= 4 is 24.1 Å². The van der Waals surface area contributed by atoms with Gasteiger partial charge in [0.05, 0.1) is 6.26 Å². The number of furan rings is 1. The molecule has 1 aliphatic rings. The third kappa shape index (κ3) is 3.16. The number of nitrogens with two attached hydrogens (primary N) is 1. The molecule has 0 amide bonds. The molecule has 1 aliphatic heterocycles. The molecule has 0 saturated heterocycles. The van der Waals surface area contributed by atoms with Gasteiger partial charge in [0, 0.05) is 11.8 Å². The summed E-state index contributed by atoms with van der Waals surface area (Å²) < 4.78 is 15.7. The molecule has 20 heavy (non-hydrogen) atoms. The number of nitrogens with zero attached hydrogens (tertiary/aromatic N) is 1. The lowest BCUT2D eigenvalue weighted by Gasteiger charge is -2.06. The number of hydrogen-bond acceptors (Lipinski definition) is 4. The van der Waals surface area contributed by atoms with Crippen molar-refractivity contribution < 1.29 is 13.9 Å². The maximum atomic E-state index is 5.79. The fourth-order valence-corrected chi connectivity index (χ4v) is 1.73. The molecule has 0 aliphatic carbocycles. The Labute approximate surface area is 122 Å². The van der Waals surface area contributed by atoms with Gasteiger partial charge in [0.25, 0.3) is 0 Å². The molecular weight excluding hydrogens is 282 g/mol. The second-order valence-electron chi connectivity index (χ2n) is 3.97. The summed E-state index contributed by atoms with van der Waals surface area (Å²) in [5, 5.41) is 2.98. The third-order valence-electron chi connectivity index (χ3n) is 2.63. The molecular formula is C13H14ClN3O3. The van der Waals surface area contributed by atoms with Crippen molar-refractivity contribution in [1.29, 1.82) is 0 Å². The first-order chi connectivity index (χ1) is 9.31. The fraction of sp³-hybridized carbons (Fsp3) is 0.154. The number of nitrogens with one attached hydrogen (secondary N) is 1. The highest BCUT2D eigenvalue weighted by atomic mass is 35.5. The van der Waals surface area contributed by atoms with Crippen molar-refractivity contribution in [1.82, 2.24) is 0 Å². The van der Waals surface area contributed by atoms with Gasteiger partial charge in [-0.2, -0.15) is 0 Å². The molecule has 3 N–H and O–H groups in total. The summed E-state index contributed by atoms with van der Waals surface area (Å²) in [4.78, 5) is 4.17. The maximum absolute atomic E-state index is 5.79. The van der Waals surface area contributed by atoms with Crippen molar-refractivity contribution in [2.45, 2.75) is 6.54 Å². The number of fused-ring (bicyclic) bond motifs is 1. The van der Waals surface area contributed by atoms with Gasteiger partial charge in [-0.3, -0.25) is 0 Å². The Bertz CT molecular complexity index is 599. The molecule has 3 rings (SSSR count). The number of aliphatic imine (C=N–C) groups is 1. The molecule has 1 aromatic carbocycles. The highest BCUT2D eigenvalue weighted by Gasteiger charge is 2.13. The Morgan fingerprint density at radius 2 is 2.10 bits per heavy atom. The highest BCUT2D eigenvalue weighted by Crippen LogP contribution is 2.34. The average molecular weight is 296 g/mol. The summed E-state index contributed by atoms with van der Waals surface area (Å²) in [5.41, 5.74) is 6.59. The van der Waals surface area contributed by atoms with E-state index in [-0.39, 0.29) is 19.2 Å². The van der Waals surface area contributed by atoms with Crippen LogP contribution in [-0.4, -0.2) is 12.8 Å². The molecule has 6 nitrogen and oxygen atoms in total. The lowest BCUT2D eigenvalue weighted by atomic mass is 10.3. The number of hydrogen-bond donors (Lipinski definition) is 2. The minimum atomic E-state index is 0. The van der Waals surface area contributed by atoms with Gasteiger partial charge in [0.1, 0.15) is 12.3 Å². The van der Waals surface area contributed by atoms with E-state index in [4.69, 9.17) is 19.6 Å². The van der Waals surface area contributed by atoms with E-state index in [0.717, 1.165) is 17.2 Å². The molecule has 0 unspecified atom stereocenters. The van der Waals surface area contributed by atoms with Gasteiger partial charge in [-0.1, -0.05) is 0 Å². The monoisotopic (exact) mass is 295 g/mol. The molecule has 7 heteroatoms. The van der Waals surface area contributed by atoms with Crippen LogP contribution in [0.25, 0.3) is 0 Å². The summed E-state index contributed by atoms with van der Waals surface area (Å²) >= 11 is 0. The molecule has 2 aromatic rings. The van der Waals surface area contributed by atoms with Crippen LogP contribution in [-0.2, 0) is 6.54 Å². The zero-order valence-corrected chi connectivity index (χ0v) is 11.4. The number of ether oxygens (including phenoxy) is 2. The first-order valence-corrected chi connectivity index (χ1v) is 5.80. The Balaban J connectivity index is 0.00000147. The van der Waals surface area contributed by atoms with Gasteiger partial charge in [0.15, 0.2) is 17.5 Å². The Kier molecular flexibility index (Phi) is 4.37. The minimum absolute atomic E-state index is 0. The molecule has 2 heterocycles. The van der Waals surface area contributed by atoms with E-state index in [1.807, 2.05) is 30.3 Å². The topological polar surface area (TPSA) is 82.0 Å². The molecule has 0 saturated carbocycles. The maximum Gasteiger partial charge on any atom is 0.231 e. The standard InChI is InChI=1S/C13H13N3O3.ClH/c14-13(15-7-10-2-1-5-17-10)16-9-3-4-11-12(6-9)19-8-18-11;/h1-6H,7-8H2,(H3,14,15,16);1H. The van der Waals surface area contributed by atoms with E-state index >= 15 is 0 Å². The fourth-order valence-electron chi connectivity index (χ4n) is 1.73. The van der Waals surface area contributed by atoms with Crippen LogP contribution in [0.4, 0.5) is 5.69 Å². The van der Waals surface area contributed by atoms with Gasteiger partial charge in [0.2, 0.25) is 6.79 Å². The van der Waals surface area contributed by atoms with Crippen molar-refractivity contribution in [2.24, 2.45) is 10.7 Å². The smallest absolute Gasteiger partial charge is 0.231 e. The summed E-state index contributed by atoms with van der Waals surface area (Å²) in [7, 11) is 0. The van der Waals surface area contributed by atoms with Gasteiger partial charge in [-0.25, -0.2) is 4.99 Å². The summed E-state index contributed by atoms with van der Waals surface area (Å²) in [6.45, 7) is 0.650. The first-order valence-electron chi connectivity index (χ1n) is 5.80. The molecule has 0 spiro atoms. The number of guanidine groups is 1. The Morgan fingerprint density at radius 1 is 1.25 bits per heavy atom. The van der Waals surface area contributed by atoms with Crippen LogP contribution >= 0.6 is 12.4 Å². The average Bonchev–Trinajstić information content (AvgIpc) is 3.07. The van der Waals surface area contributed by atoms with Crippen LogP contribution in [0.15, 0.2) is 46.0 Å². The first kappa shape index (κ1) is 14.1. The van der Waals surface area contributed by atoms with E-state index < -0.39 is 0 Å². The van der Waals surface area contributed by atoms with Gasteiger partial charge in [-0.05, 0) is 24.3 Å². The highest BCUT2D eigenvalue weighted by molar-refractivity contribution is 5.92. The number of halogens is 1. The van der Waals surface area contributed by atoms with Crippen molar-refractivity contribution in [2.75, 3.05) is 12.1 Å². The lowest BCUT2D eigenvalue weighted by molar-refractivity contribution is 0.174. The molecule has 0 radical (unpaired) electrons. The molecule has 1 aromatic heterocycles. The van der Waals surface area contributed by atoms with Crippen molar-refractivity contribution in [3.8, 4) is 11.5 Å². The number of anilines is 1. The molecule has 0 fully saturated rings. The number of rotatable bonds is 3. The Morgan fingerprint density at radius 3 is 2.90 bits per heavy atom. The van der Waals surface area contributed by atoms with E-state index in [1.54, 1.807) is 6.26 Å².